The van der Waals surface area contributed by atoms with Gasteiger partial charge < -0.3 is 4.74 Å². The second-order valence-corrected chi connectivity index (χ2v) is 14.6. The first-order valence-electron chi connectivity index (χ1n) is 16.2. The van der Waals surface area contributed by atoms with Crippen LogP contribution in [0.1, 0.15) is 121 Å². The van der Waals surface area contributed by atoms with Crippen molar-refractivity contribution >= 4 is 17.7 Å². The molecule has 0 aliphatic heterocycles. The fourth-order valence-electron chi connectivity index (χ4n) is 8.49. The van der Waals surface area contributed by atoms with Gasteiger partial charge in [0.15, 0.2) is 0 Å². The van der Waals surface area contributed by atoms with E-state index in [0.29, 0.717) is 29.4 Å². The molecule has 0 aromatic heterocycles. The molecule has 3 aliphatic carbocycles. The lowest BCUT2D eigenvalue weighted by Gasteiger charge is -2.53. The number of thioether (sulfide) groups is 1. The van der Waals surface area contributed by atoms with E-state index < -0.39 is 18.5 Å². The van der Waals surface area contributed by atoms with Crippen LogP contribution >= 0.6 is 11.8 Å². The van der Waals surface area contributed by atoms with Crippen LogP contribution in [0, 0.1) is 23.2 Å². The first-order chi connectivity index (χ1) is 19.9. The van der Waals surface area contributed by atoms with Crippen LogP contribution in [-0.4, -0.2) is 35.7 Å². The summed E-state index contributed by atoms with van der Waals surface area (Å²) in [5.74, 6) is -0.981. The number of carbonyl (C=O) groups excluding carboxylic acids is 1. The molecule has 0 amide bonds. The molecule has 6 atom stereocenters. The molecule has 2 saturated carbocycles. The molecule has 1 aromatic rings. The van der Waals surface area contributed by atoms with Crippen molar-refractivity contribution < 1.29 is 31.5 Å². The van der Waals surface area contributed by atoms with Gasteiger partial charge in [0.1, 0.15) is 6.10 Å². The summed E-state index contributed by atoms with van der Waals surface area (Å²) < 4.78 is 68.4. The summed E-state index contributed by atoms with van der Waals surface area (Å²) in [6.45, 7) is 3.93. The first kappa shape index (κ1) is 33.6. The van der Waals surface area contributed by atoms with Crippen LogP contribution < -0.4 is 0 Å². The summed E-state index contributed by atoms with van der Waals surface area (Å²) in [5, 5.41) is 0. The molecule has 1 aromatic carbocycles. The molecule has 238 valence electrons. The third-order valence-corrected chi connectivity index (χ3v) is 11.7. The van der Waals surface area contributed by atoms with Gasteiger partial charge in [-0.3, -0.25) is 4.79 Å². The molecule has 4 rings (SSSR count). The third kappa shape index (κ3) is 8.04. The Balaban J connectivity index is 1.16. The van der Waals surface area contributed by atoms with Crippen LogP contribution in [0.3, 0.4) is 0 Å². The Morgan fingerprint density at radius 2 is 1.60 bits per heavy atom. The Hall–Kier alpha value is -1.31. The van der Waals surface area contributed by atoms with Crippen LogP contribution in [0.25, 0.3) is 0 Å². The van der Waals surface area contributed by atoms with Gasteiger partial charge in [-0.25, -0.2) is 0 Å². The van der Waals surface area contributed by atoms with E-state index >= 15 is 0 Å². The predicted octanol–water partition coefficient (Wildman–Crippen LogP) is 10.5. The van der Waals surface area contributed by atoms with Gasteiger partial charge in [0.05, 0.1) is 0 Å². The average Bonchev–Trinajstić information content (AvgIpc) is 3.25. The summed E-state index contributed by atoms with van der Waals surface area (Å²) >= 11 is 1.48. The molecule has 0 saturated heterocycles. The SMILES string of the molecule is CC(=O)O[C@H]1CC[C@H]2[C@@H]3[C@H](CCCCCCCCCSCCCC(F)(F)C(F)(F)F)Cc4ccccc4[C@H]3CC[C@]12C. The van der Waals surface area contributed by atoms with E-state index in [-0.39, 0.29) is 23.9 Å². The van der Waals surface area contributed by atoms with Crippen LogP contribution in [0.4, 0.5) is 22.0 Å². The molecule has 0 heterocycles. The fraction of sp³-hybridized carbons (Fsp3) is 0.794. The molecule has 0 bridgehead atoms. The highest BCUT2D eigenvalue weighted by atomic mass is 32.2. The molecule has 8 heteroatoms. The number of hydrogen-bond acceptors (Lipinski definition) is 3. The fourth-order valence-corrected chi connectivity index (χ4v) is 9.45. The van der Waals surface area contributed by atoms with Gasteiger partial charge in [-0.05, 0) is 97.7 Å². The molecular formula is C34H49F5O2S. The molecule has 0 unspecified atom stereocenters. The highest BCUT2D eigenvalue weighted by molar-refractivity contribution is 7.99. The molecule has 0 radical (unpaired) electrons. The molecule has 42 heavy (non-hydrogen) atoms. The number of alkyl halides is 5. The Bertz CT molecular complexity index is 1010. The van der Waals surface area contributed by atoms with E-state index in [0.717, 1.165) is 50.7 Å². The van der Waals surface area contributed by atoms with E-state index in [1.54, 1.807) is 12.5 Å². The second-order valence-electron chi connectivity index (χ2n) is 13.4. The summed E-state index contributed by atoms with van der Waals surface area (Å²) in [6.07, 6.45) is 8.35. The van der Waals surface area contributed by atoms with E-state index in [4.69, 9.17) is 4.74 Å². The summed E-state index contributed by atoms with van der Waals surface area (Å²) in [5.41, 5.74) is 3.19. The zero-order valence-corrected chi connectivity index (χ0v) is 26.1. The van der Waals surface area contributed by atoms with Crippen molar-refractivity contribution in [2.75, 3.05) is 11.5 Å². The van der Waals surface area contributed by atoms with Crippen LogP contribution in [0.5, 0.6) is 0 Å². The Morgan fingerprint density at radius 3 is 2.31 bits per heavy atom. The van der Waals surface area contributed by atoms with Crippen molar-refractivity contribution in [2.45, 2.75) is 134 Å². The Morgan fingerprint density at radius 1 is 0.929 bits per heavy atom. The number of ether oxygens (including phenoxy) is 1. The number of halogens is 5. The normalized spacial score (nSPS) is 29.1. The Labute approximate surface area is 253 Å². The number of esters is 1. The number of hydrogen-bond donors (Lipinski definition) is 0. The molecule has 0 N–H and O–H groups in total. The predicted molar refractivity (Wildman–Crippen MR) is 160 cm³/mol. The lowest BCUT2D eigenvalue weighted by Crippen LogP contribution is -2.48. The number of fused-ring (bicyclic) bond motifs is 5. The maximum Gasteiger partial charge on any atom is 0.453 e. The van der Waals surface area contributed by atoms with Crippen molar-refractivity contribution in [2.24, 2.45) is 23.2 Å². The number of unbranched alkanes of at least 4 members (excludes halogenated alkanes) is 6. The quantitative estimate of drug-likeness (QED) is 0.111. The highest BCUT2D eigenvalue weighted by Crippen LogP contribution is 2.63. The van der Waals surface area contributed by atoms with E-state index in [2.05, 4.69) is 31.2 Å². The van der Waals surface area contributed by atoms with Gasteiger partial charge in [-0.2, -0.15) is 33.7 Å². The van der Waals surface area contributed by atoms with Gasteiger partial charge in [-0.15, -0.1) is 0 Å². The van der Waals surface area contributed by atoms with Crippen LogP contribution in [-0.2, 0) is 16.0 Å². The van der Waals surface area contributed by atoms with Gasteiger partial charge in [0.25, 0.3) is 0 Å². The van der Waals surface area contributed by atoms with Crippen LogP contribution in [0.15, 0.2) is 24.3 Å². The second kappa shape index (κ2) is 14.6. The third-order valence-electron chi connectivity index (χ3n) is 10.6. The first-order valence-corrected chi connectivity index (χ1v) is 17.4. The molecular weight excluding hydrogens is 567 g/mol. The van der Waals surface area contributed by atoms with Gasteiger partial charge >= 0.3 is 18.1 Å². The van der Waals surface area contributed by atoms with E-state index in [1.165, 1.54) is 55.9 Å². The van der Waals surface area contributed by atoms with Gasteiger partial charge in [0.2, 0.25) is 0 Å². The topological polar surface area (TPSA) is 26.3 Å². The van der Waals surface area contributed by atoms with Crippen LogP contribution in [0.2, 0.25) is 0 Å². The lowest BCUT2D eigenvalue weighted by atomic mass is 9.52. The van der Waals surface area contributed by atoms with Gasteiger partial charge in [0, 0.05) is 18.8 Å². The minimum absolute atomic E-state index is 0.0521. The lowest BCUT2D eigenvalue weighted by molar-refractivity contribution is -0.284. The smallest absolute Gasteiger partial charge is 0.453 e. The van der Waals surface area contributed by atoms with E-state index in [1.807, 2.05) is 0 Å². The standard InChI is InChI=1S/C34H49F5O2S/c1-24(40)41-30-17-16-29-31-26(23-25-13-9-10-15-27(25)28(31)18-20-32(29,30)2)14-8-6-4-3-5-7-11-21-42-22-12-19-33(35,36)34(37,38)39/h9-10,13,15,26,28-31H,3-8,11-12,14,16-23H2,1-2H3/t26-,28-,29+,30+,31-,32+/m1/s1. The molecule has 0 spiro atoms. The Kier molecular flexibility index (Phi) is 11.7. The van der Waals surface area contributed by atoms with Crippen molar-refractivity contribution in [3.05, 3.63) is 35.4 Å². The minimum atomic E-state index is -5.44. The highest BCUT2D eigenvalue weighted by Gasteiger charge is 2.58. The number of carbonyl (C=O) groups is 1. The zero-order valence-electron chi connectivity index (χ0n) is 25.3. The molecule has 3 aliphatic rings. The zero-order chi connectivity index (χ0) is 30.4. The number of rotatable bonds is 15. The summed E-state index contributed by atoms with van der Waals surface area (Å²) in [7, 11) is 0. The van der Waals surface area contributed by atoms with Crippen molar-refractivity contribution in [3.63, 3.8) is 0 Å². The van der Waals surface area contributed by atoms with E-state index in [9.17, 15) is 26.7 Å². The number of benzene rings is 1. The van der Waals surface area contributed by atoms with Crippen molar-refractivity contribution in [1.82, 2.24) is 0 Å². The molecule has 2 fully saturated rings. The summed E-state index contributed by atoms with van der Waals surface area (Å²) in [4.78, 5) is 11.8. The maximum atomic E-state index is 12.9. The monoisotopic (exact) mass is 616 g/mol. The average molecular weight is 617 g/mol. The van der Waals surface area contributed by atoms with Crippen molar-refractivity contribution in [3.8, 4) is 0 Å². The minimum Gasteiger partial charge on any atom is -0.462 e. The molecule has 2 nitrogen and oxygen atoms in total. The largest absolute Gasteiger partial charge is 0.462 e. The summed E-state index contributed by atoms with van der Waals surface area (Å²) in [6, 6.07) is 9.06. The van der Waals surface area contributed by atoms with Crippen molar-refractivity contribution in [1.29, 1.82) is 0 Å². The van der Waals surface area contributed by atoms with Gasteiger partial charge in [-0.1, -0.05) is 69.7 Å². The maximum absolute atomic E-state index is 12.9.